The third-order valence-electron chi connectivity index (χ3n) is 1.42. The molecule has 1 heterocycles. The van der Waals surface area contributed by atoms with E-state index in [1.54, 1.807) is 0 Å². The molecule has 56 valence electrons. The lowest BCUT2D eigenvalue weighted by molar-refractivity contribution is 0.472. The van der Waals surface area contributed by atoms with Crippen molar-refractivity contribution in [1.29, 1.82) is 0 Å². The van der Waals surface area contributed by atoms with E-state index in [2.05, 4.69) is 4.98 Å². The normalized spacial score (nSPS) is 13.5. The van der Waals surface area contributed by atoms with Gasteiger partial charge in [-0.2, -0.15) is 0 Å². The van der Waals surface area contributed by atoms with E-state index >= 15 is 0 Å². The lowest BCUT2D eigenvalue weighted by atomic mass is 10.2. The Hall–Kier alpha value is -0.830. The Labute approximate surface area is 60.2 Å². The van der Waals surface area contributed by atoms with Crippen molar-refractivity contribution in [3.05, 3.63) is 17.8 Å². The van der Waals surface area contributed by atoms with Gasteiger partial charge in [0.2, 0.25) is 0 Å². The number of nitrogens with zero attached hydrogens (tertiary/aromatic N) is 1. The molecule has 2 N–H and O–H groups in total. The van der Waals surface area contributed by atoms with Crippen LogP contribution in [0.2, 0.25) is 0 Å². The fourth-order valence-corrected chi connectivity index (χ4v) is 0.914. The maximum atomic E-state index is 5.60. The van der Waals surface area contributed by atoms with Gasteiger partial charge < -0.3 is 10.2 Å². The van der Waals surface area contributed by atoms with Crippen LogP contribution in [0.25, 0.3) is 0 Å². The Kier molecular flexibility index (Phi) is 2.06. The second-order valence-corrected chi connectivity index (χ2v) is 2.31. The summed E-state index contributed by atoms with van der Waals surface area (Å²) >= 11 is 0. The number of hydrogen-bond acceptors (Lipinski definition) is 3. The summed E-state index contributed by atoms with van der Waals surface area (Å²) < 4.78 is 5.08. The third kappa shape index (κ3) is 1.19. The van der Waals surface area contributed by atoms with Crippen LogP contribution in [0.5, 0.6) is 0 Å². The van der Waals surface area contributed by atoms with Gasteiger partial charge in [0.05, 0.1) is 11.7 Å². The van der Waals surface area contributed by atoms with Crippen molar-refractivity contribution in [2.75, 3.05) is 0 Å². The summed E-state index contributed by atoms with van der Waals surface area (Å²) in [6.45, 7) is 3.92. The van der Waals surface area contributed by atoms with Gasteiger partial charge >= 0.3 is 0 Å². The van der Waals surface area contributed by atoms with Crippen LogP contribution in [0, 0.1) is 0 Å². The molecule has 0 saturated heterocycles. The zero-order valence-corrected chi connectivity index (χ0v) is 6.29. The highest BCUT2D eigenvalue weighted by Crippen LogP contribution is 2.13. The van der Waals surface area contributed by atoms with Crippen molar-refractivity contribution in [2.45, 2.75) is 26.3 Å². The van der Waals surface area contributed by atoms with E-state index in [-0.39, 0.29) is 6.04 Å². The van der Waals surface area contributed by atoms with E-state index in [0.29, 0.717) is 0 Å². The van der Waals surface area contributed by atoms with Crippen LogP contribution >= 0.6 is 0 Å². The number of rotatable bonds is 2. The summed E-state index contributed by atoms with van der Waals surface area (Å²) in [4.78, 5) is 4.01. The molecule has 0 unspecified atom stereocenters. The van der Waals surface area contributed by atoms with E-state index < -0.39 is 0 Å². The maximum absolute atomic E-state index is 5.60. The average Bonchev–Trinajstić information content (AvgIpc) is 2.33. The van der Waals surface area contributed by atoms with Crippen LogP contribution in [-0.4, -0.2) is 4.98 Å². The Morgan fingerprint density at radius 1 is 1.80 bits per heavy atom. The Morgan fingerprint density at radius 3 is 2.90 bits per heavy atom. The van der Waals surface area contributed by atoms with Crippen molar-refractivity contribution in [3.63, 3.8) is 0 Å². The molecule has 0 aliphatic rings. The minimum absolute atomic E-state index is 0.0440. The molecule has 0 spiro atoms. The number of oxazole rings is 1. The van der Waals surface area contributed by atoms with Gasteiger partial charge in [0.1, 0.15) is 5.76 Å². The quantitative estimate of drug-likeness (QED) is 0.672. The molecule has 1 aromatic rings. The molecule has 1 rings (SSSR count). The van der Waals surface area contributed by atoms with Gasteiger partial charge in [-0.25, -0.2) is 4.98 Å². The average molecular weight is 140 g/mol. The van der Waals surface area contributed by atoms with E-state index in [0.717, 1.165) is 17.9 Å². The molecule has 1 atom stereocenters. The van der Waals surface area contributed by atoms with Crippen molar-refractivity contribution >= 4 is 0 Å². The van der Waals surface area contributed by atoms with Crippen LogP contribution in [0.3, 0.4) is 0 Å². The SMILES string of the molecule is CCc1ncoc1[C@H](C)N. The first kappa shape index (κ1) is 7.28. The highest BCUT2D eigenvalue weighted by molar-refractivity contribution is 5.09. The molecule has 0 aromatic carbocycles. The van der Waals surface area contributed by atoms with Crippen LogP contribution in [-0.2, 0) is 6.42 Å². The van der Waals surface area contributed by atoms with Crippen LogP contribution in [0.4, 0.5) is 0 Å². The molecule has 3 heteroatoms. The zero-order chi connectivity index (χ0) is 7.56. The highest BCUT2D eigenvalue weighted by atomic mass is 16.3. The van der Waals surface area contributed by atoms with E-state index in [1.165, 1.54) is 6.39 Å². The number of aryl methyl sites for hydroxylation is 1. The number of aromatic nitrogens is 1. The molecule has 0 bridgehead atoms. The second kappa shape index (κ2) is 2.84. The van der Waals surface area contributed by atoms with Gasteiger partial charge in [-0.3, -0.25) is 0 Å². The molecule has 1 aromatic heterocycles. The highest BCUT2D eigenvalue weighted by Gasteiger charge is 2.09. The summed E-state index contributed by atoms with van der Waals surface area (Å²) in [7, 11) is 0. The number of nitrogens with two attached hydrogens (primary N) is 1. The Morgan fingerprint density at radius 2 is 2.50 bits per heavy atom. The van der Waals surface area contributed by atoms with Gasteiger partial charge in [0, 0.05) is 0 Å². The van der Waals surface area contributed by atoms with E-state index in [4.69, 9.17) is 10.2 Å². The van der Waals surface area contributed by atoms with E-state index in [9.17, 15) is 0 Å². The van der Waals surface area contributed by atoms with Crippen LogP contribution in [0.1, 0.15) is 31.3 Å². The van der Waals surface area contributed by atoms with Crippen molar-refractivity contribution < 1.29 is 4.42 Å². The van der Waals surface area contributed by atoms with E-state index in [1.807, 2.05) is 13.8 Å². The summed E-state index contributed by atoms with van der Waals surface area (Å²) in [5.74, 6) is 0.808. The summed E-state index contributed by atoms with van der Waals surface area (Å²) in [5.41, 5.74) is 6.57. The smallest absolute Gasteiger partial charge is 0.181 e. The molecular formula is C7H12N2O. The van der Waals surface area contributed by atoms with Crippen molar-refractivity contribution in [1.82, 2.24) is 4.98 Å². The molecule has 0 amide bonds. The lowest BCUT2D eigenvalue weighted by Crippen LogP contribution is -2.06. The van der Waals surface area contributed by atoms with Gasteiger partial charge in [0.25, 0.3) is 0 Å². The van der Waals surface area contributed by atoms with Gasteiger partial charge in [-0.1, -0.05) is 6.92 Å². The molecule has 0 fully saturated rings. The minimum Gasteiger partial charge on any atom is -0.447 e. The monoisotopic (exact) mass is 140 g/mol. The fourth-order valence-electron chi connectivity index (χ4n) is 0.914. The van der Waals surface area contributed by atoms with Crippen molar-refractivity contribution in [2.24, 2.45) is 5.73 Å². The Bertz CT molecular complexity index is 205. The topological polar surface area (TPSA) is 52.0 Å². The first-order valence-corrected chi connectivity index (χ1v) is 3.43. The molecular weight excluding hydrogens is 128 g/mol. The summed E-state index contributed by atoms with van der Waals surface area (Å²) in [6, 6.07) is -0.0440. The maximum Gasteiger partial charge on any atom is 0.181 e. The lowest BCUT2D eigenvalue weighted by Gasteiger charge is -2.00. The first-order valence-electron chi connectivity index (χ1n) is 3.43. The van der Waals surface area contributed by atoms with Crippen molar-refractivity contribution in [3.8, 4) is 0 Å². The second-order valence-electron chi connectivity index (χ2n) is 2.31. The van der Waals surface area contributed by atoms with Crippen LogP contribution in [0.15, 0.2) is 10.8 Å². The third-order valence-corrected chi connectivity index (χ3v) is 1.42. The molecule has 0 aliphatic heterocycles. The minimum atomic E-state index is -0.0440. The molecule has 0 radical (unpaired) electrons. The van der Waals surface area contributed by atoms with Gasteiger partial charge in [0.15, 0.2) is 6.39 Å². The van der Waals surface area contributed by atoms with Gasteiger partial charge in [-0.05, 0) is 13.3 Å². The molecule has 0 saturated carbocycles. The van der Waals surface area contributed by atoms with Crippen LogP contribution < -0.4 is 5.73 Å². The van der Waals surface area contributed by atoms with Gasteiger partial charge in [-0.15, -0.1) is 0 Å². The zero-order valence-electron chi connectivity index (χ0n) is 6.29. The predicted molar refractivity (Wildman–Crippen MR) is 38.5 cm³/mol. The number of hydrogen-bond donors (Lipinski definition) is 1. The molecule has 10 heavy (non-hydrogen) atoms. The Balaban J connectivity index is 2.90. The summed E-state index contributed by atoms with van der Waals surface area (Å²) in [6.07, 6.45) is 2.32. The fraction of sp³-hybridized carbons (Fsp3) is 0.571. The summed E-state index contributed by atoms with van der Waals surface area (Å²) in [5, 5.41) is 0. The molecule has 3 nitrogen and oxygen atoms in total. The standard InChI is InChI=1S/C7H12N2O/c1-3-6-7(5(2)8)10-4-9-6/h4-5H,3,8H2,1-2H3/t5-/m0/s1. The predicted octanol–water partition coefficient (Wildman–Crippen LogP) is 1.26. The molecule has 0 aliphatic carbocycles. The first-order chi connectivity index (χ1) is 4.75. The largest absolute Gasteiger partial charge is 0.447 e.